The van der Waals surface area contributed by atoms with E-state index in [1.165, 1.54) is 0 Å². The number of fused-ring (bicyclic) bond motifs is 1. The van der Waals surface area contributed by atoms with Crippen LogP contribution in [0.5, 0.6) is 5.75 Å². The highest BCUT2D eigenvalue weighted by molar-refractivity contribution is 6.30. The number of benzene rings is 3. The van der Waals surface area contributed by atoms with Gasteiger partial charge in [0.05, 0.1) is 24.5 Å². The van der Waals surface area contributed by atoms with Crippen molar-refractivity contribution in [2.45, 2.75) is 24.8 Å². The maximum absolute atomic E-state index is 13.5. The first-order valence-electron chi connectivity index (χ1n) is 10.4. The number of hydrogen-bond donors (Lipinski definition) is 2. The topological polar surface area (TPSA) is 50.4 Å². The summed E-state index contributed by atoms with van der Waals surface area (Å²) in [4.78, 5) is 13.5. The van der Waals surface area contributed by atoms with Crippen molar-refractivity contribution >= 4 is 28.8 Å². The van der Waals surface area contributed by atoms with Crippen molar-refractivity contribution in [3.05, 3.63) is 100 Å². The van der Waals surface area contributed by atoms with Crippen molar-refractivity contribution in [1.29, 1.82) is 0 Å². The number of methoxy groups -OCH3 is 1. The van der Waals surface area contributed by atoms with E-state index in [0.717, 1.165) is 45.9 Å². The average Bonchev–Trinajstić information content (AvgIpc) is 2.96. The van der Waals surface area contributed by atoms with Gasteiger partial charge in [-0.2, -0.15) is 0 Å². The zero-order valence-corrected chi connectivity index (χ0v) is 17.9. The van der Waals surface area contributed by atoms with E-state index in [2.05, 4.69) is 10.6 Å². The Morgan fingerprint density at radius 3 is 2.45 bits per heavy atom. The SMILES string of the molecule is COc1cccc([C@@H]2Nc3ccccc3NC3=C2C(=O)C[C@@H](c2ccc(Cl)cc2)C3)c1. The van der Waals surface area contributed by atoms with Crippen LogP contribution in [0.2, 0.25) is 5.02 Å². The van der Waals surface area contributed by atoms with E-state index in [0.29, 0.717) is 11.4 Å². The molecular weight excluding hydrogens is 408 g/mol. The summed E-state index contributed by atoms with van der Waals surface area (Å²) >= 11 is 6.07. The molecule has 0 unspecified atom stereocenters. The predicted octanol–water partition coefficient (Wildman–Crippen LogP) is 6.33. The molecule has 2 atom stereocenters. The normalized spacial score (nSPS) is 20.1. The number of rotatable bonds is 3. The van der Waals surface area contributed by atoms with E-state index in [4.69, 9.17) is 16.3 Å². The first-order valence-corrected chi connectivity index (χ1v) is 10.8. The first kappa shape index (κ1) is 19.7. The Labute approximate surface area is 186 Å². The number of Topliss-reactive ketones (excluding diaryl/α,β-unsaturated/α-hetero) is 1. The molecular formula is C26H23ClN2O2. The maximum atomic E-state index is 13.5. The number of anilines is 2. The predicted molar refractivity (Wildman–Crippen MR) is 125 cm³/mol. The van der Waals surface area contributed by atoms with Gasteiger partial charge in [-0.25, -0.2) is 0 Å². The Balaban J connectivity index is 1.60. The Bertz CT molecular complexity index is 1170. The minimum atomic E-state index is -0.250. The zero-order valence-electron chi connectivity index (χ0n) is 17.2. The van der Waals surface area contributed by atoms with Gasteiger partial charge in [0.2, 0.25) is 0 Å². The monoisotopic (exact) mass is 430 g/mol. The Kier molecular flexibility index (Phi) is 5.16. The zero-order chi connectivity index (χ0) is 21.4. The molecule has 5 rings (SSSR count). The number of allylic oxidation sites excluding steroid dienone is 1. The van der Waals surface area contributed by atoms with Crippen LogP contribution in [0, 0.1) is 0 Å². The molecule has 0 saturated carbocycles. The summed E-state index contributed by atoms with van der Waals surface area (Å²) in [6.45, 7) is 0. The van der Waals surface area contributed by atoms with Gasteiger partial charge in [-0.15, -0.1) is 0 Å². The molecule has 1 heterocycles. The molecule has 2 aliphatic rings. The molecule has 0 aromatic heterocycles. The number of carbonyl (C=O) groups is 1. The quantitative estimate of drug-likeness (QED) is 0.509. The molecule has 1 aliphatic heterocycles. The van der Waals surface area contributed by atoms with Crippen molar-refractivity contribution in [3.8, 4) is 5.75 Å². The second-order valence-electron chi connectivity index (χ2n) is 8.00. The standard InChI is InChI=1S/C26H23ClN2O2/c1-31-20-6-4-5-17(13-20)26-25-23(28-21-7-2-3-8-22(21)29-26)14-18(15-24(25)30)16-9-11-19(27)12-10-16/h2-13,18,26,28-29H,14-15H2,1H3/t18-,26-/m0/s1. The number of halogens is 1. The van der Waals surface area contributed by atoms with Crippen LogP contribution in [0.25, 0.3) is 0 Å². The highest BCUT2D eigenvalue weighted by Gasteiger charge is 2.36. The van der Waals surface area contributed by atoms with Crippen LogP contribution >= 0.6 is 11.6 Å². The smallest absolute Gasteiger partial charge is 0.163 e. The third-order valence-corrected chi connectivity index (χ3v) is 6.33. The number of hydrogen-bond acceptors (Lipinski definition) is 4. The van der Waals surface area contributed by atoms with Gasteiger partial charge in [-0.05, 0) is 59.9 Å². The van der Waals surface area contributed by atoms with Crippen molar-refractivity contribution in [1.82, 2.24) is 0 Å². The highest BCUT2D eigenvalue weighted by atomic mass is 35.5. The van der Waals surface area contributed by atoms with E-state index < -0.39 is 0 Å². The molecule has 3 aromatic carbocycles. The Morgan fingerprint density at radius 2 is 1.68 bits per heavy atom. The van der Waals surface area contributed by atoms with Gasteiger partial charge in [-0.1, -0.05) is 48.0 Å². The van der Waals surface area contributed by atoms with Crippen molar-refractivity contribution in [2.24, 2.45) is 0 Å². The molecule has 5 heteroatoms. The van der Waals surface area contributed by atoms with Crippen LogP contribution in [-0.4, -0.2) is 12.9 Å². The second-order valence-corrected chi connectivity index (χ2v) is 8.43. The minimum absolute atomic E-state index is 0.118. The summed E-state index contributed by atoms with van der Waals surface area (Å²) in [5, 5.41) is 7.88. The van der Waals surface area contributed by atoms with Gasteiger partial charge in [0.25, 0.3) is 0 Å². The molecule has 4 nitrogen and oxygen atoms in total. The molecule has 0 saturated heterocycles. The van der Waals surface area contributed by atoms with Gasteiger partial charge in [-0.3, -0.25) is 4.79 Å². The van der Waals surface area contributed by atoms with Gasteiger partial charge in [0.1, 0.15) is 5.75 Å². The number of ketones is 1. The lowest BCUT2D eigenvalue weighted by Crippen LogP contribution is -2.26. The highest BCUT2D eigenvalue weighted by Crippen LogP contribution is 2.44. The molecule has 0 spiro atoms. The number of ether oxygens (including phenoxy) is 1. The third-order valence-electron chi connectivity index (χ3n) is 6.08. The minimum Gasteiger partial charge on any atom is -0.497 e. The van der Waals surface area contributed by atoms with E-state index >= 15 is 0 Å². The molecule has 0 radical (unpaired) electrons. The fourth-order valence-corrected chi connectivity index (χ4v) is 4.66. The van der Waals surface area contributed by atoms with E-state index in [9.17, 15) is 4.79 Å². The van der Waals surface area contributed by atoms with E-state index in [1.54, 1.807) is 7.11 Å². The van der Waals surface area contributed by atoms with E-state index in [1.807, 2.05) is 72.8 Å². The largest absolute Gasteiger partial charge is 0.497 e. The maximum Gasteiger partial charge on any atom is 0.163 e. The van der Waals surface area contributed by atoms with Crippen LogP contribution in [0.1, 0.15) is 35.9 Å². The van der Waals surface area contributed by atoms with Gasteiger partial charge < -0.3 is 15.4 Å². The Hall–Kier alpha value is -3.24. The summed E-state index contributed by atoms with van der Waals surface area (Å²) in [5.74, 6) is 1.04. The Morgan fingerprint density at radius 1 is 0.903 bits per heavy atom. The molecule has 1 aliphatic carbocycles. The fourth-order valence-electron chi connectivity index (χ4n) is 4.53. The van der Waals surface area contributed by atoms with E-state index in [-0.39, 0.29) is 17.7 Å². The number of para-hydroxylation sites is 2. The van der Waals surface area contributed by atoms with Crippen LogP contribution in [0.15, 0.2) is 84.1 Å². The third kappa shape index (κ3) is 3.79. The van der Waals surface area contributed by atoms with Crippen LogP contribution in [-0.2, 0) is 4.79 Å². The summed E-state index contributed by atoms with van der Waals surface area (Å²) in [6.07, 6.45) is 1.24. The lowest BCUT2D eigenvalue weighted by atomic mass is 9.78. The lowest BCUT2D eigenvalue weighted by Gasteiger charge is -2.30. The van der Waals surface area contributed by atoms with Gasteiger partial charge >= 0.3 is 0 Å². The molecule has 156 valence electrons. The molecule has 0 fully saturated rings. The molecule has 0 amide bonds. The van der Waals surface area contributed by atoms with Gasteiger partial charge in [0.15, 0.2) is 5.78 Å². The molecule has 2 N–H and O–H groups in total. The summed E-state index contributed by atoms with van der Waals surface area (Å²) in [7, 11) is 1.66. The summed E-state index contributed by atoms with van der Waals surface area (Å²) < 4.78 is 5.44. The van der Waals surface area contributed by atoms with Gasteiger partial charge in [0, 0.05) is 22.7 Å². The van der Waals surface area contributed by atoms with Crippen LogP contribution in [0.3, 0.4) is 0 Å². The van der Waals surface area contributed by atoms with Crippen molar-refractivity contribution in [2.75, 3.05) is 17.7 Å². The molecule has 0 bridgehead atoms. The van der Waals surface area contributed by atoms with Crippen LogP contribution in [0.4, 0.5) is 11.4 Å². The fraction of sp³-hybridized carbons (Fsp3) is 0.192. The summed E-state index contributed by atoms with van der Waals surface area (Å²) in [6, 6.07) is 23.6. The second kappa shape index (κ2) is 8.12. The molecule has 31 heavy (non-hydrogen) atoms. The number of nitrogens with one attached hydrogen (secondary N) is 2. The average molecular weight is 431 g/mol. The van der Waals surface area contributed by atoms with Crippen molar-refractivity contribution in [3.63, 3.8) is 0 Å². The van der Waals surface area contributed by atoms with Crippen molar-refractivity contribution < 1.29 is 9.53 Å². The lowest BCUT2D eigenvalue weighted by molar-refractivity contribution is -0.116. The number of carbonyl (C=O) groups excluding carboxylic acids is 1. The van der Waals surface area contributed by atoms with Crippen LogP contribution < -0.4 is 15.4 Å². The summed E-state index contributed by atoms with van der Waals surface area (Å²) in [5.41, 5.74) is 5.86. The first-order chi connectivity index (χ1) is 15.1. The molecule has 3 aromatic rings.